The minimum Gasteiger partial charge on any atom is -0.497 e. The molecule has 3 N–H and O–H groups in total. The third-order valence-electron chi connectivity index (χ3n) is 3.64. The number of amides is 1. The monoisotopic (exact) mass is 359 g/mol. The largest absolute Gasteiger partial charge is 0.497 e. The summed E-state index contributed by atoms with van der Waals surface area (Å²) < 4.78 is 10.3. The molecule has 0 saturated carbocycles. The van der Waals surface area contributed by atoms with Crippen LogP contribution in [0, 0.1) is 0 Å². The van der Waals surface area contributed by atoms with Gasteiger partial charge in [0.1, 0.15) is 17.5 Å². The lowest BCUT2D eigenvalue weighted by Crippen LogP contribution is -2.39. The predicted octanol–water partition coefficient (Wildman–Crippen LogP) is 1.67. The second kappa shape index (κ2) is 9.38. The van der Waals surface area contributed by atoms with Gasteiger partial charge < -0.3 is 19.9 Å². The molecule has 138 valence electrons. The number of nitrogens with zero attached hydrogens (tertiary/aromatic N) is 1. The maximum absolute atomic E-state index is 12.3. The molecule has 0 radical (unpaired) electrons. The van der Waals surface area contributed by atoms with E-state index in [1.807, 2.05) is 6.07 Å². The Bertz CT molecular complexity index is 752. The third kappa shape index (κ3) is 5.45. The van der Waals surface area contributed by atoms with Crippen molar-refractivity contribution < 1.29 is 24.2 Å². The number of aliphatic carboxylic acids is 1. The van der Waals surface area contributed by atoms with E-state index in [4.69, 9.17) is 9.47 Å². The predicted molar refractivity (Wildman–Crippen MR) is 95.3 cm³/mol. The van der Waals surface area contributed by atoms with Crippen molar-refractivity contribution in [2.75, 3.05) is 19.5 Å². The van der Waals surface area contributed by atoms with E-state index >= 15 is 0 Å². The number of anilines is 1. The van der Waals surface area contributed by atoms with Crippen molar-refractivity contribution in [3.05, 3.63) is 48.3 Å². The Labute approximate surface area is 151 Å². The van der Waals surface area contributed by atoms with E-state index in [0.29, 0.717) is 23.7 Å². The molecule has 1 atom stereocenters. The van der Waals surface area contributed by atoms with Gasteiger partial charge in [-0.2, -0.15) is 0 Å². The molecular weight excluding hydrogens is 338 g/mol. The summed E-state index contributed by atoms with van der Waals surface area (Å²) >= 11 is 0. The Morgan fingerprint density at radius 1 is 1.23 bits per heavy atom. The van der Waals surface area contributed by atoms with Crippen LogP contribution in [0.1, 0.15) is 12.0 Å². The zero-order valence-corrected chi connectivity index (χ0v) is 14.6. The average molecular weight is 359 g/mol. The molecule has 0 spiro atoms. The first kappa shape index (κ1) is 19.2. The molecule has 0 saturated heterocycles. The first-order valence-electron chi connectivity index (χ1n) is 7.90. The minimum absolute atomic E-state index is 0.240. The van der Waals surface area contributed by atoms with Gasteiger partial charge in [0.2, 0.25) is 5.91 Å². The fourth-order valence-electron chi connectivity index (χ4n) is 2.29. The second-order valence-electron chi connectivity index (χ2n) is 5.45. The first-order chi connectivity index (χ1) is 12.5. The van der Waals surface area contributed by atoms with Gasteiger partial charge in [0.15, 0.2) is 0 Å². The van der Waals surface area contributed by atoms with E-state index in [1.54, 1.807) is 36.7 Å². The molecule has 2 aromatic rings. The normalized spacial score (nSPS) is 11.5. The van der Waals surface area contributed by atoms with Crippen LogP contribution in [0.2, 0.25) is 0 Å². The highest BCUT2D eigenvalue weighted by Crippen LogP contribution is 2.29. The van der Waals surface area contributed by atoms with Crippen LogP contribution in [0.5, 0.6) is 11.5 Å². The van der Waals surface area contributed by atoms with E-state index in [9.17, 15) is 14.7 Å². The topological polar surface area (TPSA) is 110 Å². The maximum atomic E-state index is 12.3. The van der Waals surface area contributed by atoms with Crippen LogP contribution < -0.4 is 20.1 Å². The first-order valence-corrected chi connectivity index (χ1v) is 7.90. The van der Waals surface area contributed by atoms with Crippen molar-refractivity contribution in [2.24, 2.45) is 0 Å². The zero-order chi connectivity index (χ0) is 18.9. The Balaban J connectivity index is 2.00. The van der Waals surface area contributed by atoms with E-state index < -0.39 is 17.9 Å². The molecule has 2 rings (SSSR count). The molecule has 26 heavy (non-hydrogen) atoms. The number of carbonyl (C=O) groups is 2. The van der Waals surface area contributed by atoms with Gasteiger partial charge in [-0.1, -0.05) is 6.07 Å². The molecular formula is C18H21N3O5. The number of nitrogens with one attached hydrogen (secondary N) is 2. The Morgan fingerprint density at radius 3 is 2.65 bits per heavy atom. The molecule has 0 aliphatic rings. The van der Waals surface area contributed by atoms with Gasteiger partial charge in [0.25, 0.3) is 0 Å². The maximum Gasteiger partial charge on any atom is 0.321 e. The molecule has 0 bridgehead atoms. The number of rotatable bonds is 9. The Morgan fingerprint density at radius 2 is 2.04 bits per heavy atom. The molecule has 0 aliphatic carbocycles. The number of hydrogen-bond donors (Lipinski definition) is 3. The van der Waals surface area contributed by atoms with Crippen molar-refractivity contribution in [1.29, 1.82) is 0 Å². The number of hydrogen-bond acceptors (Lipinski definition) is 6. The summed E-state index contributed by atoms with van der Waals surface area (Å²) in [6.45, 7) is 0.292. The quantitative estimate of drug-likeness (QED) is 0.625. The van der Waals surface area contributed by atoms with E-state index in [-0.39, 0.29) is 6.42 Å². The smallest absolute Gasteiger partial charge is 0.321 e. The summed E-state index contributed by atoms with van der Waals surface area (Å²) in [6, 6.07) is 7.50. The number of benzene rings is 1. The molecule has 1 unspecified atom stereocenters. The van der Waals surface area contributed by atoms with Crippen LogP contribution in [0.4, 0.5) is 5.69 Å². The molecule has 1 heterocycles. The van der Waals surface area contributed by atoms with Gasteiger partial charge >= 0.3 is 5.97 Å². The number of ether oxygens (including phenoxy) is 2. The van der Waals surface area contributed by atoms with E-state index in [0.717, 1.165) is 5.56 Å². The van der Waals surface area contributed by atoms with Gasteiger partial charge in [-0.05, 0) is 23.8 Å². The van der Waals surface area contributed by atoms with Gasteiger partial charge in [-0.3, -0.25) is 19.9 Å². The van der Waals surface area contributed by atoms with E-state index in [1.165, 1.54) is 14.2 Å². The summed E-state index contributed by atoms with van der Waals surface area (Å²) in [5.41, 5.74) is 1.24. The van der Waals surface area contributed by atoms with Gasteiger partial charge in [0, 0.05) is 25.0 Å². The number of methoxy groups -OCH3 is 2. The van der Waals surface area contributed by atoms with Gasteiger partial charge in [-0.25, -0.2) is 0 Å². The van der Waals surface area contributed by atoms with Crippen LogP contribution in [-0.4, -0.2) is 42.2 Å². The molecule has 0 aliphatic heterocycles. The minimum atomic E-state index is -1.11. The summed E-state index contributed by atoms with van der Waals surface area (Å²) in [5.74, 6) is -0.566. The summed E-state index contributed by atoms with van der Waals surface area (Å²) in [6.07, 6.45) is 3.02. The third-order valence-corrected chi connectivity index (χ3v) is 3.64. The van der Waals surface area contributed by atoms with E-state index in [2.05, 4.69) is 15.6 Å². The van der Waals surface area contributed by atoms with Crippen LogP contribution in [0.25, 0.3) is 0 Å². The van der Waals surface area contributed by atoms with Crippen LogP contribution in [0.15, 0.2) is 42.7 Å². The fraction of sp³-hybridized carbons (Fsp3) is 0.278. The molecule has 8 nitrogen and oxygen atoms in total. The second-order valence-corrected chi connectivity index (χ2v) is 5.45. The average Bonchev–Trinajstić information content (AvgIpc) is 2.65. The summed E-state index contributed by atoms with van der Waals surface area (Å²) in [7, 11) is 2.99. The lowest BCUT2D eigenvalue weighted by Gasteiger charge is -2.16. The van der Waals surface area contributed by atoms with Crippen molar-refractivity contribution in [3.8, 4) is 11.5 Å². The van der Waals surface area contributed by atoms with Crippen molar-refractivity contribution >= 4 is 17.6 Å². The molecule has 8 heteroatoms. The zero-order valence-electron chi connectivity index (χ0n) is 14.6. The molecule has 0 fully saturated rings. The molecule has 1 aromatic heterocycles. The number of carbonyl (C=O) groups excluding carboxylic acids is 1. The summed E-state index contributed by atoms with van der Waals surface area (Å²) in [4.78, 5) is 27.7. The van der Waals surface area contributed by atoms with Crippen molar-refractivity contribution in [2.45, 2.75) is 19.0 Å². The number of aromatic nitrogens is 1. The Hall–Kier alpha value is -3.13. The summed E-state index contributed by atoms with van der Waals surface area (Å²) in [5, 5.41) is 14.9. The highest BCUT2D eigenvalue weighted by molar-refractivity contribution is 5.95. The molecule has 1 amide bonds. The van der Waals surface area contributed by atoms with Crippen LogP contribution >= 0.6 is 0 Å². The lowest BCUT2D eigenvalue weighted by atomic mass is 10.1. The van der Waals surface area contributed by atoms with Crippen molar-refractivity contribution in [3.63, 3.8) is 0 Å². The highest BCUT2D eigenvalue weighted by Gasteiger charge is 2.21. The van der Waals surface area contributed by atoms with Gasteiger partial charge in [-0.15, -0.1) is 0 Å². The van der Waals surface area contributed by atoms with Gasteiger partial charge in [0.05, 0.1) is 26.3 Å². The van der Waals surface area contributed by atoms with Crippen LogP contribution in [0.3, 0.4) is 0 Å². The van der Waals surface area contributed by atoms with Crippen molar-refractivity contribution in [1.82, 2.24) is 10.3 Å². The Kier molecular flexibility index (Phi) is 6.92. The SMILES string of the molecule is COc1ccc(OC)c(NC(=O)CC(NCc2cccnc2)C(=O)O)c1. The number of pyridine rings is 1. The number of carboxylic acid groups (broad SMARTS) is 1. The fourth-order valence-corrected chi connectivity index (χ4v) is 2.29. The standard InChI is InChI=1S/C18H21N3O5/c1-25-13-5-6-16(26-2)14(8-13)21-17(22)9-15(18(23)24)20-11-12-4-3-7-19-10-12/h3-8,10,15,20H,9,11H2,1-2H3,(H,21,22)(H,23,24). The van der Waals surface area contributed by atoms with Crippen LogP contribution in [-0.2, 0) is 16.1 Å². The lowest BCUT2D eigenvalue weighted by molar-refractivity contribution is -0.141. The number of carboxylic acids is 1. The molecule has 1 aromatic carbocycles. The highest BCUT2D eigenvalue weighted by atomic mass is 16.5.